The highest BCUT2D eigenvalue weighted by Gasteiger charge is 2.64. The molecule has 1 heterocycles. The molecule has 4 aliphatic rings. The molecular formula is C12H16O3. The Bertz CT molecular complexity index is 319. The molecule has 3 saturated carbocycles. The van der Waals surface area contributed by atoms with Gasteiger partial charge >= 0.3 is 0 Å². The summed E-state index contributed by atoms with van der Waals surface area (Å²) in [5, 5.41) is 0. The zero-order chi connectivity index (χ0) is 10.0. The van der Waals surface area contributed by atoms with E-state index in [1.54, 1.807) is 0 Å². The molecule has 1 aliphatic heterocycles. The van der Waals surface area contributed by atoms with Crippen molar-refractivity contribution in [1.82, 2.24) is 0 Å². The molecule has 0 aromatic heterocycles. The molecule has 0 radical (unpaired) electrons. The molecule has 3 nitrogen and oxygen atoms in total. The fourth-order valence-electron chi connectivity index (χ4n) is 4.50. The number of carbonyl (C=O) groups is 1. The van der Waals surface area contributed by atoms with Crippen LogP contribution in [0.2, 0.25) is 0 Å². The molecule has 0 aromatic carbocycles. The van der Waals surface area contributed by atoms with Gasteiger partial charge in [-0.25, -0.2) is 0 Å². The molecule has 3 aliphatic carbocycles. The minimum Gasteiger partial charge on any atom is -0.347 e. The summed E-state index contributed by atoms with van der Waals surface area (Å²) in [6.45, 7) is 1.44. The third-order valence-corrected chi connectivity index (χ3v) is 5.01. The summed E-state index contributed by atoms with van der Waals surface area (Å²) in [4.78, 5) is 11.9. The van der Waals surface area contributed by atoms with Crippen LogP contribution in [0.5, 0.6) is 0 Å². The Balaban J connectivity index is 1.80. The number of Topliss-reactive ketones (excluding diaryl/α,β-unsaturated/α-hetero) is 1. The van der Waals surface area contributed by atoms with E-state index in [4.69, 9.17) is 9.47 Å². The number of hydrogen-bond acceptors (Lipinski definition) is 3. The van der Waals surface area contributed by atoms with E-state index in [0.717, 1.165) is 26.1 Å². The highest BCUT2D eigenvalue weighted by Crippen LogP contribution is 2.61. The minimum absolute atomic E-state index is 0.331. The molecule has 0 amide bonds. The smallest absolute Gasteiger partial charge is 0.174 e. The van der Waals surface area contributed by atoms with Crippen LogP contribution in [0.1, 0.15) is 25.7 Å². The monoisotopic (exact) mass is 208 g/mol. The Hall–Kier alpha value is -0.410. The maximum Gasteiger partial charge on any atom is 0.174 e. The zero-order valence-electron chi connectivity index (χ0n) is 8.78. The van der Waals surface area contributed by atoms with E-state index in [-0.39, 0.29) is 5.79 Å². The van der Waals surface area contributed by atoms with Crippen molar-refractivity contribution in [1.29, 1.82) is 0 Å². The topological polar surface area (TPSA) is 35.5 Å². The number of fused-ring (bicyclic) bond motifs is 4. The van der Waals surface area contributed by atoms with Gasteiger partial charge in [0.05, 0.1) is 13.2 Å². The van der Waals surface area contributed by atoms with Gasteiger partial charge in [-0.2, -0.15) is 0 Å². The fraction of sp³-hybridized carbons (Fsp3) is 0.917. The number of ether oxygens (including phenoxy) is 2. The van der Waals surface area contributed by atoms with Crippen molar-refractivity contribution in [3.63, 3.8) is 0 Å². The van der Waals surface area contributed by atoms with E-state index >= 15 is 0 Å². The zero-order valence-corrected chi connectivity index (χ0v) is 8.78. The Morgan fingerprint density at radius 1 is 1.13 bits per heavy atom. The second-order valence-corrected chi connectivity index (χ2v) is 5.56. The maximum absolute atomic E-state index is 11.9. The number of ketones is 1. The van der Waals surface area contributed by atoms with Crippen molar-refractivity contribution >= 4 is 5.78 Å². The summed E-state index contributed by atoms with van der Waals surface area (Å²) >= 11 is 0. The lowest BCUT2D eigenvalue weighted by Gasteiger charge is -2.34. The summed E-state index contributed by atoms with van der Waals surface area (Å²) in [5.74, 6) is 2.03. The van der Waals surface area contributed by atoms with E-state index in [9.17, 15) is 4.79 Å². The fourth-order valence-corrected chi connectivity index (χ4v) is 4.50. The molecule has 0 N–H and O–H groups in total. The first-order valence-corrected chi connectivity index (χ1v) is 6.10. The SMILES string of the molecule is O=C1CC2[C@@H]3C[C@H]1C[C@@H](C3)C21OCCO1. The summed E-state index contributed by atoms with van der Waals surface area (Å²) in [7, 11) is 0. The van der Waals surface area contributed by atoms with Crippen LogP contribution < -0.4 is 0 Å². The first-order valence-electron chi connectivity index (χ1n) is 6.10. The van der Waals surface area contributed by atoms with Crippen LogP contribution >= 0.6 is 0 Å². The molecule has 3 bridgehead atoms. The van der Waals surface area contributed by atoms with Crippen molar-refractivity contribution in [2.75, 3.05) is 13.2 Å². The van der Waals surface area contributed by atoms with Crippen LogP contribution in [0.4, 0.5) is 0 Å². The van der Waals surface area contributed by atoms with Gasteiger partial charge in [-0.15, -0.1) is 0 Å². The predicted molar refractivity (Wildman–Crippen MR) is 52.1 cm³/mol. The van der Waals surface area contributed by atoms with Crippen molar-refractivity contribution < 1.29 is 14.3 Å². The van der Waals surface area contributed by atoms with Crippen molar-refractivity contribution in [3.8, 4) is 0 Å². The van der Waals surface area contributed by atoms with Crippen LogP contribution in [-0.4, -0.2) is 24.8 Å². The molecule has 0 aromatic rings. The summed E-state index contributed by atoms with van der Waals surface area (Å²) in [6.07, 6.45) is 4.07. The molecule has 4 rings (SSSR count). The predicted octanol–water partition coefficient (Wildman–Crippen LogP) is 1.36. The molecule has 15 heavy (non-hydrogen) atoms. The van der Waals surface area contributed by atoms with E-state index in [2.05, 4.69) is 0 Å². The van der Waals surface area contributed by atoms with Gasteiger partial charge in [0.2, 0.25) is 0 Å². The number of rotatable bonds is 0. The van der Waals surface area contributed by atoms with E-state index in [0.29, 0.717) is 35.9 Å². The molecular weight excluding hydrogens is 192 g/mol. The molecule has 82 valence electrons. The highest BCUT2D eigenvalue weighted by molar-refractivity contribution is 5.83. The lowest BCUT2D eigenvalue weighted by atomic mass is 9.71. The molecule has 1 unspecified atom stereocenters. The summed E-state index contributed by atoms with van der Waals surface area (Å²) in [5.41, 5.74) is 0. The average Bonchev–Trinajstić information content (AvgIpc) is 2.77. The van der Waals surface area contributed by atoms with Crippen LogP contribution in [-0.2, 0) is 14.3 Å². The summed E-state index contributed by atoms with van der Waals surface area (Å²) < 4.78 is 11.8. The van der Waals surface area contributed by atoms with Gasteiger partial charge in [0, 0.05) is 24.2 Å². The molecule has 4 fully saturated rings. The molecule has 1 saturated heterocycles. The molecule has 4 atom stereocenters. The van der Waals surface area contributed by atoms with Gasteiger partial charge in [0.25, 0.3) is 0 Å². The van der Waals surface area contributed by atoms with E-state index in [1.807, 2.05) is 0 Å². The molecule has 3 heteroatoms. The third kappa shape index (κ3) is 0.918. The Kier molecular flexibility index (Phi) is 1.53. The van der Waals surface area contributed by atoms with Crippen LogP contribution in [0.25, 0.3) is 0 Å². The Morgan fingerprint density at radius 2 is 1.93 bits per heavy atom. The second kappa shape index (κ2) is 2.64. The third-order valence-electron chi connectivity index (χ3n) is 5.01. The normalized spacial score (nSPS) is 50.5. The van der Waals surface area contributed by atoms with Gasteiger partial charge < -0.3 is 9.47 Å². The summed E-state index contributed by atoms with van der Waals surface area (Å²) in [6, 6.07) is 0. The van der Waals surface area contributed by atoms with E-state index in [1.165, 1.54) is 6.42 Å². The average molecular weight is 208 g/mol. The van der Waals surface area contributed by atoms with Gasteiger partial charge in [-0.3, -0.25) is 4.79 Å². The number of carbonyl (C=O) groups excluding carboxylic acids is 1. The Labute approximate surface area is 89.1 Å². The largest absolute Gasteiger partial charge is 0.347 e. The quantitative estimate of drug-likeness (QED) is 0.603. The standard InChI is InChI=1S/C12H16O3/c13-11-6-10-7-3-8(11)5-9(4-7)12(10)14-1-2-15-12/h7-10H,1-6H2/t7-,8+,9-,10?/m1/s1. The van der Waals surface area contributed by atoms with Crippen molar-refractivity contribution in [3.05, 3.63) is 0 Å². The lowest BCUT2D eigenvalue weighted by Crippen LogP contribution is -2.41. The van der Waals surface area contributed by atoms with Gasteiger partial charge in [-0.05, 0) is 25.2 Å². The van der Waals surface area contributed by atoms with Gasteiger partial charge in [0.15, 0.2) is 5.79 Å². The van der Waals surface area contributed by atoms with E-state index < -0.39 is 0 Å². The lowest BCUT2D eigenvalue weighted by molar-refractivity contribution is -0.209. The molecule has 1 spiro atoms. The minimum atomic E-state index is -0.342. The van der Waals surface area contributed by atoms with Crippen molar-refractivity contribution in [2.24, 2.45) is 23.7 Å². The van der Waals surface area contributed by atoms with Gasteiger partial charge in [0.1, 0.15) is 5.78 Å². The maximum atomic E-state index is 11.9. The van der Waals surface area contributed by atoms with Crippen molar-refractivity contribution in [2.45, 2.75) is 31.5 Å². The highest BCUT2D eigenvalue weighted by atomic mass is 16.7. The van der Waals surface area contributed by atoms with Gasteiger partial charge in [-0.1, -0.05) is 0 Å². The second-order valence-electron chi connectivity index (χ2n) is 5.56. The first-order chi connectivity index (χ1) is 7.29. The number of hydrogen-bond donors (Lipinski definition) is 0. The van der Waals surface area contributed by atoms with Crippen LogP contribution in [0, 0.1) is 23.7 Å². The Morgan fingerprint density at radius 3 is 2.73 bits per heavy atom. The first kappa shape index (κ1) is 8.71. The van der Waals surface area contributed by atoms with Crippen LogP contribution in [0.15, 0.2) is 0 Å². The van der Waals surface area contributed by atoms with Crippen LogP contribution in [0.3, 0.4) is 0 Å².